The fourth-order valence-corrected chi connectivity index (χ4v) is 7.17. The Labute approximate surface area is 232 Å². The van der Waals surface area contributed by atoms with Gasteiger partial charge < -0.3 is 0 Å². The molecule has 0 aliphatic heterocycles. The fourth-order valence-electron chi connectivity index (χ4n) is 7.17. The molecule has 0 saturated heterocycles. The van der Waals surface area contributed by atoms with Crippen molar-refractivity contribution < 1.29 is 0 Å². The highest BCUT2D eigenvalue weighted by molar-refractivity contribution is 6.44. The summed E-state index contributed by atoms with van der Waals surface area (Å²) in [6.07, 6.45) is 0. The second kappa shape index (κ2) is 8.15. The van der Waals surface area contributed by atoms with E-state index in [2.05, 4.69) is 146 Å². The van der Waals surface area contributed by atoms with Gasteiger partial charge in [-0.1, -0.05) is 140 Å². The molecule has 0 aromatic heterocycles. The van der Waals surface area contributed by atoms with Crippen LogP contribution in [-0.2, 0) is 0 Å². The van der Waals surface area contributed by atoms with Crippen LogP contribution in [0.15, 0.2) is 146 Å². The van der Waals surface area contributed by atoms with Crippen LogP contribution in [0.1, 0.15) is 0 Å². The SMILES string of the molecule is c1ccc(-c2ccc3c4c2cc2ccccc2c4c2cccc4c(-c5ccccc5)c5ccccc5c3c42)cc1. The van der Waals surface area contributed by atoms with E-state index < -0.39 is 0 Å². The van der Waals surface area contributed by atoms with Gasteiger partial charge >= 0.3 is 0 Å². The van der Waals surface area contributed by atoms with Gasteiger partial charge in [-0.25, -0.2) is 0 Å². The van der Waals surface area contributed by atoms with Gasteiger partial charge in [-0.05, 0) is 93.0 Å². The summed E-state index contributed by atoms with van der Waals surface area (Å²) in [6, 6.07) is 53.6. The minimum Gasteiger partial charge on any atom is -0.0622 e. The van der Waals surface area contributed by atoms with E-state index in [0.29, 0.717) is 0 Å². The Kier molecular flexibility index (Phi) is 4.42. The maximum Gasteiger partial charge on any atom is -0.00134 e. The van der Waals surface area contributed by atoms with Crippen molar-refractivity contribution in [2.24, 2.45) is 0 Å². The third kappa shape index (κ3) is 2.85. The fraction of sp³-hybridized carbons (Fsp3) is 0. The molecular weight excluding hydrogens is 480 g/mol. The van der Waals surface area contributed by atoms with E-state index in [9.17, 15) is 0 Å². The van der Waals surface area contributed by atoms with Crippen molar-refractivity contribution in [2.75, 3.05) is 0 Å². The van der Waals surface area contributed by atoms with Gasteiger partial charge in [0.2, 0.25) is 0 Å². The Bertz CT molecular complexity index is 2370. The first kappa shape index (κ1) is 21.7. The van der Waals surface area contributed by atoms with Gasteiger partial charge in [0.05, 0.1) is 0 Å². The number of fused-ring (bicyclic) bond motifs is 6. The molecule has 9 rings (SSSR count). The highest BCUT2D eigenvalue weighted by Crippen LogP contribution is 2.50. The quantitative estimate of drug-likeness (QED) is 0.162. The topological polar surface area (TPSA) is 0 Å². The average molecular weight is 505 g/mol. The normalized spacial score (nSPS) is 12.0. The van der Waals surface area contributed by atoms with Crippen LogP contribution in [0.25, 0.3) is 86.9 Å². The molecule has 40 heavy (non-hydrogen) atoms. The molecule has 0 radical (unpaired) electrons. The molecule has 0 heterocycles. The summed E-state index contributed by atoms with van der Waals surface area (Å²) in [5.41, 5.74) is 5.11. The van der Waals surface area contributed by atoms with Gasteiger partial charge in [-0.15, -0.1) is 0 Å². The van der Waals surface area contributed by atoms with Crippen LogP contribution in [-0.4, -0.2) is 0 Å². The average Bonchev–Trinajstić information content (AvgIpc) is 3.03. The van der Waals surface area contributed by atoms with Crippen molar-refractivity contribution >= 4 is 64.6 Å². The third-order valence-electron chi connectivity index (χ3n) is 8.76. The first-order chi connectivity index (χ1) is 19.9. The summed E-state index contributed by atoms with van der Waals surface area (Å²) in [5, 5.41) is 15.9. The molecular formula is C40H24. The zero-order chi connectivity index (χ0) is 26.2. The second-order valence-electron chi connectivity index (χ2n) is 10.8. The largest absolute Gasteiger partial charge is 0.0622 e. The highest BCUT2D eigenvalue weighted by Gasteiger charge is 2.21. The Morgan fingerprint density at radius 2 is 0.800 bits per heavy atom. The summed E-state index contributed by atoms with van der Waals surface area (Å²) in [6.45, 7) is 0. The number of rotatable bonds is 2. The zero-order valence-corrected chi connectivity index (χ0v) is 21.9. The van der Waals surface area contributed by atoms with E-state index in [1.54, 1.807) is 0 Å². The molecule has 0 heteroatoms. The summed E-state index contributed by atoms with van der Waals surface area (Å²) in [7, 11) is 0. The van der Waals surface area contributed by atoms with Crippen molar-refractivity contribution in [3.8, 4) is 22.3 Å². The Balaban J connectivity index is 1.62. The van der Waals surface area contributed by atoms with Crippen molar-refractivity contribution in [1.29, 1.82) is 0 Å². The molecule has 0 atom stereocenters. The summed E-state index contributed by atoms with van der Waals surface area (Å²) in [4.78, 5) is 0. The van der Waals surface area contributed by atoms with Gasteiger partial charge in [0.15, 0.2) is 0 Å². The molecule has 0 bridgehead atoms. The number of hydrogen-bond donors (Lipinski definition) is 0. The highest BCUT2D eigenvalue weighted by atomic mass is 14.2. The molecule has 0 aliphatic rings. The van der Waals surface area contributed by atoms with E-state index in [4.69, 9.17) is 0 Å². The summed E-state index contributed by atoms with van der Waals surface area (Å²) in [5.74, 6) is 0. The maximum atomic E-state index is 2.41. The molecule has 0 spiro atoms. The molecule has 9 aromatic carbocycles. The minimum atomic E-state index is 1.25. The van der Waals surface area contributed by atoms with E-state index in [0.717, 1.165) is 0 Å². The smallest absolute Gasteiger partial charge is 0.00134 e. The minimum absolute atomic E-state index is 1.25. The molecule has 184 valence electrons. The second-order valence-corrected chi connectivity index (χ2v) is 10.8. The number of hydrogen-bond acceptors (Lipinski definition) is 0. The van der Waals surface area contributed by atoms with Crippen LogP contribution in [0.4, 0.5) is 0 Å². The van der Waals surface area contributed by atoms with Crippen LogP contribution in [0.5, 0.6) is 0 Å². The molecule has 0 nitrogen and oxygen atoms in total. The summed E-state index contributed by atoms with van der Waals surface area (Å²) < 4.78 is 0. The lowest BCUT2D eigenvalue weighted by Gasteiger charge is -2.22. The maximum absolute atomic E-state index is 2.41. The van der Waals surface area contributed by atoms with E-state index in [-0.39, 0.29) is 0 Å². The lowest BCUT2D eigenvalue weighted by atomic mass is 9.81. The predicted octanol–water partition coefficient (Wildman–Crippen LogP) is 11.4. The summed E-state index contributed by atoms with van der Waals surface area (Å²) >= 11 is 0. The van der Waals surface area contributed by atoms with Crippen molar-refractivity contribution in [2.45, 2.75) is 0 Å². The van der Waals surface area contributed by atoms with Crippen LogP contribution in [0.3, 0.4) is 0 Å². The van der Waals surface area contributed by atoms with E-state index >= 15 is 0 Å². The van der Waals surface area contributed by atoms with Crippen molar-refractivity contribution in [1.82, 2.24) is 0 Å². The molecule has 0 saturated carbocycles. The van der Waals surface area contributed by atoms with Crippen molar-refractivity contribution in [3.63, 3.8) is 0 Å². The van der Waals surface area contributed by atoms with Gasteiger partial charge in [-0.2, -0.15) is 0 Å². The monoisotopic (exact) mass is 504 g/mol. The zero-order valence-electron chi connectivity index (χ0n) is 21.9. The van der Waals surface area contributed by atoms with Crippen LogP contribution in [0, 0.1) is 0 Å². The van der Waals surface area contributed by atoms with Gasteiger partial charge in [0, 0.05) is 0 Å². The van der Waals surface area contributed by atoms with Gasteiger partial charge in [0.25, 0.3) is 0 Å². The lowest BCUT2D eigenvalue weighted by molar-refractivity contribution is 1.67. The Hall–Kier alpha value is -5.20. The van der Waals surface area contributed by atoms with E-state index in [1.807, 2.05) is 0 Å². The molecule has 0 amide bonds. The lowest BCUT2D eigenvalue weighted by Crippen LogP contribution is -1.93. The third-order valence-corrected chi connectivity index (χ3v) is 8.76. The standard InChI is InChI=1S/C40H24/c1-3-12-25(13-4-1)28-22-23-34-38-31-19-10-9-18-30(31)36(26-14-5-2-6-15-26)32-20-11-21-33(39(32)38)37-29-17-8-7-16-27(29)24-35(28)40(34)37/h1-24H. The van der Waals surface area contributed by atoms with Crippen LogP contribution in [0.2, 0.25) is 0 Å². The molecule has 0 aliphatic carbocycles. The molecule has 9 aromatic rings. The predicted molar refractivity (Wildman–Crippen MR) is 174 cm³/mol. The van der Waals surface area contributed by atoms with E-state index in [1.165, 1.54) is 86.9 Å². The van der Waals surface area contributed by atoms with Gasteiger partial charge in [-0.3, -0.25) is 0 Å². The number of benzene rings is 9. The molecule has 0 fully saturated rings. The van der Waals surface area contributed by atoms with Crippen molar-refractivity contribution in [3.05, 3.63) is 146 Å². The van der Waals surface area contributed by atoms with Crippen LogP contribution >= 0.6 is 0 Å². The molecule has 0 unspecified atom stereocenters. The molecule has 0 N–H and O–H groups in total. The first-order valence-electron chi connectivity index (χ1n) is 14.0. The Morgan fingerprint density at radius 3 is 1.60 bits per heavy atom. The Morgan fingerprint density at radius 1 is 0.275 bits per heavy atom. The van der Waals surface area contributed by atoms with Gasteiger partial charge in [0.1, 0.15) is 0 Å². The van der Waals surface area contributed by atoms with Crippen LogP contribution < -0.4 is 0 Å². The first-order valence-corrected chi connectivity index (χ1v) is 14.0.